The van der Waals surface area contributed by atoms with Crippen LogP contribution in [0.1, 0.15) is 133 Å². The van der Waals surface area contributed by atoms with E-state index in [0.29, 0.717) is 42.3 Å². The Morgan fingerprint density at radius 3 is 0.847 bits per heavy atom. The van der Waals surface area contributed by atoms with Gasteiger partial charge in [0.2, 0.25) is 11.1 Å². The number of nitrogens with two attached hydrogens (primary N) is 2. The third-order valence-electron chi connectivity index (χ3n) is 21.5. The van der Waals surface area contributed by atoms with Gasteiger partial charge in [0.05, 0.1) is 0 Å². The van der Waals surface area contributed by atoms with E-state index in [1.54, 1.807) is 78.0 Å². The maximum absolute atomic E-state index is 12.5. The van der Waals surface area contributed by atoms with Gasteiger partial charge < -0.3 is 88.4 Å². The molecule has 7 N–H and O–H groups in total. The van der Waals surface area contributed by atoms with Crippen LogP contribution >= 0.6 is 27.5 Å². The van der Waals surface area contributed by atoms with E-state index in [1.165, 1.54) is 77.1 Å². The van der Waals surface area contributed by atoms with Gasteiger partial charge in [0.1, 0.15) is 17.3 Å². The van der Waals surface area contributed by atoms with Crippen molar-refractivity contribution >= 4 is 93.7 Å². The van der Waals surface area contributed by atoms with Gasteiger partial charge in [-0.15, -0.1) is 0 Å². The van der Waals surface area contributed by atoms with E-state index in [9.17, 15) is 24.0 Å². The predicted molar refractivity (Wildman–Crippen MR) is 619 cm³/mol. The van der Waals surface area contributed by atoms with Crippen molar-refractivity contribution in [2.24, 2.45) is 0 Å². The summed E-state index contributed by atoms with van der Waals surface area (Å²) in [7, 11) is 17.2. The number of nitrogen functional groups attached to an aromatic ring is 2. The van der Waals surface area contributed by atoms with Crippen molar-refractivity contribution in [1.29, 1.82) is 0 Å². The zero-order valence-electron chi connectivity index (χ0n) is 95.6. The fourth-order valence-corrected chi connectivity index (χ4v) is 14.5. The standard InChI is InChI=1S/C22H28N2O.C19H24N2.2C13H17NO.C8H9Br.2C7H8.2C6H7N.C5H9NO.C3H5ClO.5C2H6O.CH2O3.CH4O.B.2K.Na.2H/c1-2-22(25)24(20-11-7-4-8-12-20)21-14-17-23(18-15-21)16-13-19-9-5-3-6-10-19;1-3-7-17(8-4-1)11-14-21-15-12-19(13-16-21)20-18-9-5-2-6-10-18;2*15-13-7-10-14(11-8-13)9-6-12-4-2-1-3-5-12;9-7-6-8-4-2-1-3-5-8;2*1-7-5-3-2-4-6-7;2*7-6-4-2-1-3-5-6;7-5-1-3-6-4-2-5;1-2-3(4)5;5*1-3-2;2-1-4-3;1-2;;;;;;/h3-12,21H,2,13-18H2,1H3;1-10,19-20H,11-16H2;2*1-5H,6-11H2;1-5H,6-7H2;2*2-6H,1H3;2*1-5H,7H2;6H,1-4H2;2H2,1H3;5*1-2H3;1,3H;2H,1H3;;;;;;/q;;;;;;;;;;;;;;;;;;;3*+1;2*-1/p-1. The van der Waals surface area contributed by atoms with Gasteiger partial charge in [-0.3, -0.25) is 28.8 Å². The van der Waals surface area contributed by atoms with Gasteiger partial charge in [-0.2, -0.15) is 0 Å². The molecule has 5 heterocycles. The molecule has 0 atom stereocenters. The summed E-state index contributed by atoms with van der Waals surface area (Å²) in [6, 6.07) is 114. The van der Waals surface area contributed by atoms with Gasteiger partial charge in [-0.05, 0) is 160 Å². The predicted octanol–water partition coefficient (Wildman–Crippen LogP) is 12.2. The molecule has 0 spiro atoms. The number of aliphatic hydroxyl groups excluding tert-OH is 1. The third kappa shape index (κ3) is 92.4. The first-order valence-electron chi connectivity index (χ1n) is 50.1. The number of piperidine rings is 5. The number of hydrogen-bond acceptors (Lipinski definition) is 22. The zero-order valence-corrected chi connectivity index (χ0v) is 104. The number of Topliss-reactive ketones (excluding diaryl/α,β-unsaturated/α-hetero) is 3. The smallest absolute Gasteiger partial charge is 1.00 e. The summed E-state index contributed by atoms with van der Waals surface area (Å²) in [6.07, 6.45) is 15.6. The summed E-state index contributed by atoms with van der Waals surface area (Å²) in [5.74, 6) is 1.48. The molecule has 29 heteroatoms. The maximum Gasteiger partial charge on any atom is 1.00 e. The number of hydrogen-bond donors (Lipinski definition) is 5. The molecule has 0 aliphatic carbocycles. The fourth-order valence-electron chi connectivity index (χ4n) is 14.0. The second-order valence-electron chi connectivity index (χ2n) is 33.6. The molecule has 16 rings (SSSR count). The number of ketones is 3. The number of likely N-dealkylation sites (tertiary alicyclic amines) is 4. The Hall–Kier alpha value is -6.93. The second-order valence-corrected chi connectivity index (χ2v) is 34.9. The van der Waals surface area contributed by atoms with Crippen LogP contribution in [0.4, 0.5) is 22.7 Å². The Morgan fingerprint density at radius 2 is 0.633 bits per heavy atom. The molecule has 0 saturated carbocycles. The fraction of sp³-hybridized carbons (Fsp3) is 0.405. The molecule has 23 nitrogen and oxygen atoms in total. The number of carbonyl (C=O) groups is 6. The van der Waals surface area contributed by atoms with E-state index in [4.69, 9.17) is 38.2 Å². The molecule has 5 aliphatic heterocycles. The number of halogens is 2. The van der Waals surface area contributed by atoms with Crippen LogP contribution in [0, 0.1) is 13.8 Å². The number of methoxy groups -OCH3 is 5. The Kier molecular flexibility index (Phi) is 116. The number of anilines is 4. The Bertz CT molecular complexity index is 4510. The summed E-state index contributed by atoms with van der Waals surface area (Å²) < 4.78 is 21.2. The van der Waals surface area contributed by atoms with Gasteiger partial charge in [0, 0.05) is 270 Å². The van der Waals surface area contributed by atoms with Crippen LogP contribution in [0.2, 0.25) is 0 Å². The van der Waals surface area contributed by atoms with E-state index in [1.807, 2.05) is 145 Å². The molecule has 150 heavy (non-hydrogen) atoms. The molecule has 0 unspecified atom stereocenters. The molecule has 5 aliphatic rings. The van der Waals surface area contributed by atoms with Crippen LogP contribution < -0.4 is 165 Å². The average Bonchev–Trinajstić information content (AvgIpc) is 0.821. The zero-order chi connectivity index (χ0) is 108. The van der Waals surface area contributed by atoms with Crippen molar-refractivity contribution in [3.8, 4) is 0 Å². The van der Waals surface area contributed by atoms with Gasteiger partial charge in [-0.1, -0.05) is 326 Å². The van der Waals surface area contributed by atoms with E-state index in [-0.39, 0.29) is 161 Å². The molecule has 11 aromatic rings. The number of aryl methyl sites for hydroxylation is 3. The molecule has 5 fully saturated rings. The normalized spacial score (nSPS) is 12.9. The first-order chi connectivity index (χ1) is 71.0. The average molecular weight is 2210 g/mol. The second kappa shape index (κ2) is 113. The van der Waals surface area contributed by atoms with E-state index in [2.05, 4.69) is 289 Å². The molecule has 1 amide bonds. The quantitative estimate of drug-likeness (QED) is 0.00849. The van der Waals surface area contributed by atoms with Crippen LogP contribution in [0.3, 0.4) is 0 Å². The van der Waals surface area contributed by atoms with Crippen LogP contribution in [-0.4, -0.2) is 255 Å². The van der Waals surface area contributed by atoms with Gasteiger partial charge in [0.25, 0.3) is 6.47 Å². The number of aliphatic hydroxyl groups is 1. The molecule has 0 aromatic heterocycles. The van der Waals surface area contributed by atoms with Crippen LogP contribution in [-0.2, 0) is 89.4 Å². The SMILES string of the molecule is BrCCc1ccccc1.CCC(=O)Cl.CCC(=O)N(c1ccccc1)C1CCN(CCc2ccccc2)CC1.CO.COC.COC.COC.COC.COC.Cc1ccccc1.Cc1ccccc1.Nc1ccccc1.Nc1ccccc1.O=C1CCN(CCc2ccccc2)CC1.O=C1CCN(CCc2ccccc2)CC1.O=C1CCNCC1.O=CO[O-].[B].[H-].[H-].[K+].[K+].[Na+].c1ccc(CCN2CCC(Nc3ccccc3)CC2)cc1. The van der Waals surface area contributed by atoms with Crippen molar-refractivity contribution in [2.45, 2.75) is 149 Å². The first-order valence-corrected chi connectivity index (χ1v) is 51.6. The van der Waals surface area contributed by atoms with Gasteiger partial charge >= 0.3 is 132 Å². The van der Waals surface area contributed by atoms with Gasteiger partial charge in [0.15, 0.2) is 0 Å². The molecule has 3 radical (unpaired) electrons. The molecule has 5 saturated heterocycles. The maximum atomic E-state index is 12.5. The topological polar surface area (TPSA) is 293 Å². The Balaban J connectivity index is -0.000000251. The summed E-state index contributed by atoms with van der Waals surface area (Å²) in [6.45, 7) is 22.2. The number of amides is 1. The van der Waals surface area contributed by atoms with E-state index < -0.39 is 0 Å². The summed E-state index contributed by atoms with van der Waals surface area (Å²) >= 11 is 8.21. The third-order valence-corrected chi connectivity index (χ3v) is 22.2. The summed E-state index contributed by atoms with van der Waals surface area (Å²) in [4.78, 5) is 77.8. The van der Waals surface area contributed by atoms with E-state index >= 15 is 0 Å². The van der Waals surface area contributed by atoms with Crippen molar-refractivity contribution in [2.75, 3.05) is 197 Å². The minimum absolute atomic E-state index is 0. The van der Waals surface area contributed by atoms with Crippen LogP contribution in [0.25, 0.3) is 0 Å². The van der Waals surface area contributed by atoms with Crippen LogP contribution in [0.15, 0.2) is 334 Å². The Morgan fingerprint density at radius 1 is 0.407 bits per heavy atom. The number of nitrogens with one attached hydrogen (secondary N) is 2. The number of carbonyl (C=O) groups excluding carboxylic acids is 6. The monoisotopic (exact) mass is 2210 g/mol. The van der Waals surface area contributed by atoms with Crippen molar-refractivity contribution in [3.63, 3.8) is 0 Å². The number of alkyl halides is 1. The minimum Gasteiger partial charge on any atom is -1.00 e. The summed E-state index contributed by atoms with van der Waals surface area (Å²) in [5.41, 5.74) is 24.3. The molecule has 809 valence electrons. The number of ether oxygens (including phenoxy) is 5. The largest absolute Gasteiger partial charge is 1.00 e. The van der Waals surface area contributed by atoms with E-state index in [0.717, 1.165) is 185 Å². The van der Waals surface area contributed by atoms with Crippen molar-refractivity contribution in [1.82, 2.24) is 24.9 Å². The van der Waals surface area contributed by atoms with Crippen molar-refractivity contribution < 1.29 is 203 Å². The van der Waals surface area contributed by atoms with Crippen molar-refractivity contribution in [3.05, 3.63) is 373 Å². The van der Waals surface area contributed by atoms with Crippen LogP contribution in [0.5, 0.6) is 0 Å². The first kappa shape index (κ1) is 154. The van der Waals surface area contributed by atoms with Gasteiger partial charge in [-0.25, -0.2) is 0 Å². The number of para-hydroxylation sites is 4. The number of nitrogens with zero attached hydrogens (tertiary/aromatic N) is 5. The number of benzene rings is 11. The number of rotatable bonds is 21. The Labute approximate surface area is 1030 Å². The molecule has 0 bridgehead atoms. The summed E-state index contributed by atoms with van der Waals surface area (Å²) in [5, 5.41) is 23.0. The molecule has 11 aromatic carbocycles. The molecular weight excluding hydrogens is 2030 g/mol. The minimum atomic E-state index is -0.273. The molecular formula is C121H176BBrClK2N9NaO14.